The molecule has 0 radical (unpaired) electrons. The zero-order valence-corrected chi connectivity index (χ0v) is 14.3. The van der Waals surface area contributed by atoms with E-state index in [1.165, 1.54) is 35.5 Å². The zero-order chi connectivity index (χ0) is 19.2. The Labute approximate surface area is 153 Å². The average molecular weight is 371 g/mol. The predicted molar refractivity (Wildman–Crippen MR) is 91.3 cm³/mol. The maximum absolute atomic E-state index is 12.8. The SMILES string of the molecule is O=C(O)C1CC12CCN(C(=O)c1ccc(-n3cncn3)c([N+](=O)[O-])c1)CC2. The summed E-state index contributed by atoms with van der Waals surface area (Å²) in [6, 6.07) is 4.27. The molecule has 0 bridgehead atoms. The largest absolute Gasteiger partial charge is 0.481 e. The molecule has 1 saturated carbocycles. The summed E-state index contributed by atoms with van der Waals surface area (Å²) < 4.78 is 1.27. The Bertz CT molecular complexity index is 918. The van der Waals surface area contributed by atoms with Gasteiger partial charge in [0.2, 0.25) is 0 Å². The fourth-order valence-corrected chi connectivity index (χ4v) is 3.92. The number of carboxylic acids is 1. The second-order valence-electron chi connectivity index (χ2n) is 7.05. The third-order valence-corrected chi connectivity index (χ3v) is 5.62. The molecule has 27 heavy (non-hydrogen) atoms. The number of carbonyl (C=O) groups excluding carboxylic acids is 1. The molecule has 1 atom stereocenters. The van der Waals surface area contributed by atoms with Crippen LogP contribution < -0.4 is 0 Å². The highest BCUT2D eigenvalue weighted by Crippen LogP contribution is 2.59. The first kappa shape index (κ1) is 17.1. The number of amides is 1. The van der Waals surface area contributed by atoms with Crippen LogP contribution in [-0.4, -0.2) is 54.7 Å². The molecule has 1 amide bonds. The summed E-state index contributed by atoms with van der Waals surface area (Å²) in [5.41, 5.74) is 0.0555. The van der Waals surface area contributed by atoms with Crippen molar-refractivity contribution in [3.05, 3.63) is 46.5 Å². The Balaban J connectivity index is 1.52. The molecule has 1 spiro atoms. The van der Waals surface area contributed by atoms with E-state index in [0.717, 1.165) is 0 Å². The summed E-state index contributed by atoms with van der Waals surface area (Å²) in [6.07, 6.45) is 4.59. The molecule has 1 saturated heterocycles. The standard InChI is InChI=1S/C17H17N5O5/c23-15(20-5-3-17(4-6-20)8-12(17)16(24)25)11-1-2-13(14(7-11)22(26)27)21-10-18-9-19-21/h1-2,7,9-10,12H,3-6,8H2,(H,24,25). The van der Waals surface area contributed by atoms with Crippen molar-refractivity contribution in [1.29, 1.82) is 0 Å². The molecule has 4 rings (SSSR count). The van der Waals surface area contributed by atoms with Gasteiger partial charge in [0.25, 0.3) is 11.6 Å². The lowest BCUT2D eigenvalue weighted by molar-refractivity contribution is -0.384. The van der Waals surface area contributed by atoms with Gasteiger partial charge in [-0.15, -0.1) is 0 Å². The molecule has 10 nitrogen and oxygen atoms in total. The Morgan fingerprint density at radius 1 is 1.30 bits per heavy atom. The average Bonchev–Trinajstić information content (AvgIpc) is 3.10. The summed E-state index contributed by atoms with van der Waals surface area (Å²) in [4.78, 5) is 40.2. The third kappa shape index (κ3) is 2.92. The Kier molecular flexibility index (Phi) is 3.90. The quantitative estimate of drug-likeness (QED) is 0.636. The van der Waals surface area contributed by atoms with E-state index in [9.17, 15) is 19.7 Å². The summed E-state index contributed by atoms with van der Waals surface area (Å²) in [6.45, 7) is 0.919. The van der Waals surface area contributed by atoms with Crippen molar-refractivity contribution in [3.8, 4) is 5.69 Å². The Morgan fingerprint density at radius 2 is 2.04 bits per heavy atom. The molecule has 2 fully saturated rings. The lowest BCUT2D eigenvalue weighted by Gasteiger charge is -2.32. The van der Waals surface area contributed by atoms with Crippen molar-refractivity contribution in [3.63, 3.8) is 0 Å². The highest BCUT2D eigenvalue weighted by Gasteiger charge is 2.59. The van der Waals surface area contributed by atoms with E-state index in [1.54, 1.807) is 4.90 Å². The molecule has 1 aliphatic carbocycles. The second kappa shape index (κ2) is 6.15. The summed E-state index contributed by atoms with van der Waals surface area (Å²) in [7, 11) is 0. The number of nitro benzene ring substituents is 1. The number of hydrogen-bond acceptors (Lipinski definition) is 6. The minimum atomic E-state index is -0.769. The van der Waals surface area contributed by atoms with Crippen LogP contribution in [0, 0.1) is 21.4 Å². The van der Waals surface area contributed by atoms with Crippen LogP contribution in [0.15, 0.2) is 30.9 Å². The molecule has 2 heterocycles. The van der Waals surface area contributed by atoms with Gasteiger partial charge in [-0.25, -0.2) is 9.67 Å². The topological polar surface area (TPSA) is 131 Å². The minimum Gasteiger partial charge on any atom is -0.481 e. The van der Waals surface area contributed by atoms with Crippen molar-refractivity contribution in [2.45, 2.75) is 19.3 Å². The van der Waals surface area contributed by atoms with E-state index in [4.69, 9.17) is 5.11 Å². The van der Waals surface area contributed by atoms with E-state index in [2.05, 4.69) is 10.1 Å². The van der Waals surface area contributed by atoms with Gasteiger partial charge < -0.3 is 10.0 Å². The number of aliphatic carboxylic acids is 1. The van der Waals surface area contributed by atoms with E-state index < -0.39 is 10.9 Å². The van der Waals surface area contributed by atoms with Gasteiger partial charge in [0.15, 0.2) is 0 Å². The highest BCUT2D eigenvalue weighted by atomic mass is 16.6. The van der Waals surface area contributed by atoms with Gasteiger partial charge in [0, 0.05) is 24.7 Å². The van der Waals surface area contributed by atoms with Crippen molar-refractivity contribution in [1.82, 2.24) is 19.7 Å². The minimum absolute atomic E-state index is 0.175. The number of nitrogens with zero attached hydrogens (tertiary/aromatic N) is 5. The number of carboxylic acid groups (broad SMARTS) is 1. The molecule has 2 aromatic rings. The van der Waals surface area contributed by atoms with Gasteiger partial charge >= 0.3 is 5.97 Å². The van der Waals surface area contributed by atoms with Gasteiger partial charge in [0.05, 0.1) is 10.8 Å². The van der Waals surface area contributed by atoms with Crippen LogP contribution in [0.2, 0.25) is 0 Å². The van der Waals surface area contributed by atoms with Gasteiger partial charge in [-0.3, -0.25) is 19.7 Å². The second-order valence-corrected chi connectivity index (χ2v) is 7.05. The summed E-state index contributed by atoms with van der Waals surface area (Å²) in [5.74, 6) is -1.36. The first-order chi connectivity index (χ1) is 12.9. The number of carbonyl (C=O) groups is 2. The molecule has 10 heteroatoms. The third-order valence-electron chi connectivity index (χ3n) is 5.62. The van der Waals surface area contributed by atoms with Gasteiger partial charge in [-0.2, -0.15) is 5.10 Å². The van der Waals surface area contributed by atoms with E-state index in [0.29, 0.717) is 32.4 Å². The lowest BCUT2D eigenvalue weighted by Crippen LogP contribution is -2.40. The highest BCUT2D eigenvalue weighted by molar-refractivity contribution is 5.95. The molecular weight excluding hydrogens is 354 g/mol. The van der Waals surface area contributed by atoms with Crippen molar-refractivity contribution >= 4 is 17.6 Å². The molecule has 2 aliphatic rings. The fourth-order valence-electron chi connectivity index (χ4n) is 3.92. The van der Waals surface area contributed by atoms with Crippen LogP contribution in [0.3, 0.4) is 0 Å². The molecule has 1 N–H and O–H groups in total. The Hall–Kier alpha value is -3.30. The number of aromatic nitrogens is 3. The van der Waals surface area contributed by atoms with Crippen molar-refractivity contribution in [2.24, 2.45) is 11.3 Å². The monoisotopic (exact) mass is 371 g/mol. The number of likely N-dealkylation sites (tertiary alicyclic amines) is 1. The van der Waals surface area contributed by atoms with Gasteiger partial charge in [-0.05, 0) is 36.8 Å². The zero-order valence-electron chi connectivity index (χ0n) is 14.3. The molecule has 1 aromatic heterocycles. The van der Waals surface area contributed by atoms with Gasteiger partial charge in [0.1, 0.15) is 18.3 Å². The van der Waals surface area contributed by atoms with Crippen LogP contribution in [0.1, 0.15) is 29.6 Å². The number of nitro groups is 1. The summed E-state index contributed by atoms with van der Waals surface area (Å²) >= 11 is 0. The van der Waals surface area contributed by atoms with E-state index in [1.807, 2.05) is 0 Å². The van der Waals surface area contributed by atoms with E-state index in [-0.39, 0.29) is 34.2 Å². The maximum atomic E-state index is 12.8. The fraction of sp³-hybridized carbons (Fsp3) is 0.412. The first-order valence-corrected chi connectivity index (χ1v) is 8.57. The molecule has 140 valence electrons. The Morgan fingerprint density at radius 3 is 2.59 bits per heavy atom. The van der Waals surface area contributed by atoms with Gasteiger partial charge in [-0.1, -0.05) is 0 Å². The van der Waals surface area contributed by atoms with Crippen LogP contribution in [-0.2, 0) is 4.79 Å². The molecule has 1 aliphatic heterocycles. The summed E-state index contributed by atoms with van der Waals surface area (Å²) in [5, 5.41) is 24.5. The van der Waals surface area contributed by atoms with Crippen LogP contribution in [0.25, 0.3) is 5.69 Å². The van der Waals surface area contributed by atoms with E-state index >= 15 is 0 Å². The normalized spacial score (nSPS) is 20.4. The molecule has 1 unspecified atom stereocenters. The molecular formula is C17H17N5O5. The van der Waals surface area contributed by atoms with Crippen molar-refractivity contribution < 1.29 is 19.6 Å². The van der Waals surface area contributed by atoms with Crippen molar-refractivity contribution in [2.75, 3.05) is 13.1 Å². The first-order valence-electron chi connectivity index (χ1n) is 8.57. The lowest BCUT2D eigenvalue weighted by atomic mass is 9.90. The number of piperidine rings is 1. The predicted octanol–water partition coefficient (Wildman–Crippen LogP) is 1.50. The van der Waals surface area contributed by atoms with Crippen LogP contribution in [0.4, 0.5) is 5.69 Å². The number of rotatable bonds is 4. The maximum Gasteiger partial charge on any atom is 0.307 e. The molecule has 1 aromatic carbocycles. The van der Waals surface area contributed by atoms with Crippen LogP contribution >= 0.6 is 0 Å². The smallest absolute Gasteiger partial charge is 0.307 e. The van der Waals surface area contributed by atoms with Crippen LogP contribution in [0.5, 0.6) is 0 Å². The number of benzene rings is 1. The number of hydrogen-bond donors (Lipinski definition) is 1.